The fourth-order valence-electron chi connectivity index (χ4n) is 1.35. The smallest absolute Gasteiger partial charge is 0.169 e. The molecule has 0 saturated carbocycles. The summed E-state index contributed by atoms with van der Waals surface area (Å²) in [4.78, 5) is 15.8. The van der Waals surface area contributed by atoms with Gasteiger partial charge in [-0.1, -0.05) is 34.8 Å². The summed E-state index contributed by atoms with van der Waals surface area (Å²) in [6, 6.07) is 3.29. The van der Waals surface area contributed by atoms with Crippen molar-refractivity contribution in [2.24, 2.45) is 0 Å². The Balaban J connectivity index is 2.23. The highest BCUT2D eigenvalue weighted by atomic mass is 35.5. The van der Waals surface area contributed by atoms with Crippen LogP contribution in [0.1, 0.15) is 15.9 Å². The molecule has 6 heteroatoms. The fraction of sp³-hybridized carbons (Fsp3) is 0.0909. The Morgan fingerprint density at radius 2 is 2.12 bits per heavy atom. The monoisotopic (exact) mass is 305 g/mol. The minimum atomic E-state index is -0.105. The second kappa shape index (κ2) is 5.36. The van der Waals surface area contributed by atoms with Gasteiger partial charge in [0.15, 0.2) is 5.78 Å². The standard InChI is InChI=1S/C11H6Cl3NOS/c12-8-5-15-2-1-6(8)3-9(16)7-4-10(13)17-11(7)14/h1-2,4-5H,3H2. The van der Waals surface area contributed by atoms with Crippen LogP contribution in [-0.4, -0.2) is 10.8 Å². The average Bonchev–Trinajstić information content (AvgIpc) is 2.61. The van der Waals surface area contributed by atoms with E-state index < -0.39 is 0 Å². The normalized spacial score (nSPS) is 10.5. The number of hydrogen-bond acceptors (Lipinski definition) is 3. The summed E-state index contributed by atoms with van der Waals surface area (Å²) < 4.78 is 0.907. The minimum absolute atomic E-state index is 0.105. The Morgan fingerprint density at radius 3 is 2.71 bits per heavy atom. The van der Waals surface area contributed by atoms with Crippen LogP contribution >= 0.6 is 46.1 Å². The number of ketones is 1. The number of Topliss-reactive ketones (excluding diaryl/α,β-unsaturated/α-hetero) is 1. The predicted octanol–water partition coefficient (Wildman–Crippen LogP) is 4.53. The van der Waals surface area contributed by atoms with Gasteiger partial charge < -0.3 is 0 Å². The number of pyridine rings is 1. The van der Waals surface area contributed by atoms with E-state index in [0.29, 0.717) is 19.3 Å². The molecule has 0 bridgehead atoms. The molecular weight excluding hydrogens is 301 g/mol. The summed E-state index contributed by atoms with van der Waals surface area (Å²) in [6.45, 7) is 0. The van der Waals surface area contributed by atoms with Gasteiger partial charge in [0, 0.05) is 24.4 Å². The third-order valence-electron chi connectivity index (χ3n) is 2.16. The number of rotatable bonds is 3. The minimum Gasteiger partial charge on any atom is -0.294 e. The SMILES string of the molecule is O=C(Cc1ccncc1Cl)c1cc(Cl)sc1Cl. The van der Waals surface area contributed by atoms with Crippen molar-refractivity contribution in [3.63, 3.8) is 0 Å². The van der Waals surface area contributed by atoms with Crippen molar-refractivity contribution in [2.45, 2.75) is 6.42 Å². The summed E-state index contributed by atoms with van der Waals surface area (Å²) in [5, 5.41) is 0.471. The van der Waals surface area contributed by atoms with E-state index in [2.05, 4.69) is 4.98 Å². The lowest BCUT2D eigenvalue weighted by molar-refractivity contribution is 0.0993. The lowest BCUT2D eigenvalue weighted by atomic mass is 10.1. The van der Waals surface area contributed by atoms with Crippen LogP contribution < -0.4 is 0 Å². The van der Waals surface area contributed by atoms with Gasteiger partial charge in [-0.05, 0) is 17.7 Å². The maximum atomic E-state index is 12.0. The number of thiophene rings is 1. The molecule has 0 unspecified atom stereocenters. The van der Waals surface area contributed by atoms with Gasteiger partial charge in [-0.2, -0.15) is 0 Å². The molecule has 0 saturated heterocycles. The summed E-state index contributed by atoms with van der Waals surface area (Å²) >= 11 is 18.8. The molecule has 0 fully saturated rings. The molecule has 0 aliphatic rings. The maximum absolute atomic E-state index is 12.0. The van der Waals surface area contributed by atoms with Crippen molar-refractivity contribution < 1.29 is 4.79 Å². The molecule has 0 atom stereocenters. The molecule has 88 valence electrons. The van der Waals surface area contributed by atoms with Gasteiger partial charge in [0.05, 0.1) is 9.36 Å². The molecule has 2 rings (SSSR count). The highest BCUT2D eigenvalue weighted by Gasteiger charge is 2.15. The van der Waals surface area contributed by atoms with Gasteiger partial charge in [0.25, 0.3) is 0 Å². The van der Waals surface area contributed by atoms with Crippen LogP contribution in [0.25, 0.3) is 0 Å². The maximum Gasteiger partial charge on any atom is 0.169 e. The molecule has 2 heterocycles. The zero-order valence-electron chi connectivity index (χ0n) is 8.41. The molecule has 0 aliphatic carbocycles. The summed E-state index contributed by atoms with van der Waals surface area (Å²) in [7, 11) is 0. The van der Waals surface area contributed by atoms with E-state index in [4.69, 9.17) is 34.8 Å². The molecule has 2 aromatic rings. The number of carbonyl (C=O) groups is 1. The van der Waals surface area contributed by atoms with Crippen molar-refractivity contribution in [1.29, 1.82) is 0 Å². The third-order valence-corrected chi connectivity index (χ3v) is 3.99. The summed E-state index contributed by atoms with van der Waals surface area (Å²) in [5.74, 6) is -0.105. The van der Waals surface area contributed by atoms with Crippen LogP contribution in [0.5, 0.6) is 0 Å². The Labute approximate surface area is 117 Å². The first kappa shape index (κ1) is 12.8. The van der Waals surface area contributed by atoms with E-state index in [1.807, 2.05) is 0 Å². The van der Waals surface area contributed by atoms with Crippen molar-refractivity contribution in [1.82, 2.24) is 4.98 Å². The molecular formula is C11H6Cl3NOS. The van der Waals surface area contributed by atoms with E-state index in [9.17, 15) is 4.79 Å². The summed E-state index contributed by atoms with van der Waals surface area (Å²) in [5.41, 5.74) is 1.17. The van der Waals surface area contributed by atoms with Gasteiger partial charge in [-0.15, -0.1) is 11.3 Å². The third kappa shape index (κ3) is 2.99. The molecule has 0 radical (unpaired) electrons. The number of hydrogen-bond donors (Lipinski definition) is 0. The molecule has 2 nitrogen and oxygen atoms in total. The van der Waals surface area contributed by atoms with E-state index in [1.54, 1.807) is 18.3 Å². The van der Waals surface area contributed by atoms with E-state index in [0.717, 1.165) is 5.56 Å². The first-order valence-electron chi connectivity index (χ1n) is 4.64. The fourth-order valence-corrected chi connectivity index (χ4v) is 3.03. The van der Waals surface area contributed by atoms with Gasteiger partial charge in [0.2, 0.25) is 0 Å². The average molecular weight is 307 g/mol. The number of aromatic nitrogens is 1. The second-order valence-electron chi connectivity index (χ2n) is 3.30. The van der Waals surface area contributed by atoms with Crippen LogP contribution in [0.4, 0.5) is 0 Å². The topological polar surface area (TPSA) is 30.0 Å². The van der Waals surface area contributed by atoms with Gasteiger partial charge in [0.1, 0.15) is 4.34 Å². The molecule has 0 spiro atoms. The molecule has 2 aromatic heterocycles. The van der Waals surface area contributed by atoms with Gasteiger partial charge in [-0.25, -0.2) is 0 Å². The Bertz CT molecular complexity index is 568. The van der Waals surface area contributed by atoms with Crippen LogP contribution in [0.2, 0.25) is 13.7 Å². The van der Waals surface area contributed by atoms with E-state index >= 15 is 0 Å². The Morgan fingerprint density at radius 1 is 1.35 bits per heavy atom. The van der Waals surface area contributed by atoms with Crippen molar-refractivity contribution in [3.8, 4) is 0 Å². The lowest BCUT2D eigenvalue weighted by Gasteiger charge is -2.01. The quantitative estimate of drug-likeness (QED) is 0.780. The summed E-state index contributed by atoms with van der Waals surface area (Å²) in [6.07, 6.45) is 3.29. The number of halogens is 3. The van der Waals surface area contributed by atoms with E-state index in [-0.39, 0.29) is 12.2 Å². The van der Waals surface area contributed by atoms with Crippen molar-refractivity contribution >= 4 is 51.9 Å². The van der Waals surface area contributed by atoms with Crippen molar-refractivity contribution in [2.75, 3.05) is 0 Å². The highest BCUT2D eigenvalue weighted by molar-refractivity contribution is 7.20. The first-order chi connectivity index (χ1) is 8.08. The van der Waals surface area contributed by atoms with Crippen molar-refractivity contribution in [3.05, 3.63) is 49.3 Å². The zero-order valence-corrected chi connectivity index (χ0v) is 11.5. The molecule has 0 amide bonds. The second-order valence-corrected chi connectivity index (χ2v) is 6.00. The van der Waals surface area contributed by atoms with Crippen LogP contribution in [-0.2, 0) is 6.42 Å². The lowest BCUT2D eigenvalue weighted by Crippen LogP contribution is -2.03. The zero-order chi connectivity index (χ0) is 12.4. The predicted molar refractivity (Wildman–Crippen MR) is 71.6 cm³/mol. The van der Waals surface area contributed by atoms with Crippen LogP contribution in [0.15, 0.2) is 24.5 Å². The van der Waals surface area contributed by atoms with Crippen LogP contribution in [0.3, 0.4) is 0 Å². The van der Waals surface area contributed by atoms with Crippen LogP contribution in [0, 0.1) is 0 Å². The number of nitrogens with zero attached hydrogens (tertiary/aromatic N) is 1. The van der Waals surface area contributed by atoms with Gasteiger partial charge in [-0.3, -0.25) is 9.78 Å². The largest absolute Gasteiger partial charge is 0.294 e. The molecule has 17 heavy (non-hydrogen) atoms. The molecule has 0 aromatic carbocycles. The first-order valence-corrected chi connectivity index (χ1v) is 6.59. The van der Waals surface area contributed by atoms with Gasteiger partial charge >= 0.3 is 0 Å². The van der Waals surface area contributed by atoms with E-state index in [1.165, 1.54) is 17.5 Å². The molecule has 0 N–H and O–H groups in total. The highest BCUT2D eigenvalue weighted by Crippen LogP contribution is 2.32. The Hall–Kier alpha value is -0.610. The molecule has 0 aliphatic heterocycles. The number of carbonyl (C=O) groups excluding carboxylic acids is 1. The Kier molecular flexibility index (Phi) is 4.05.